The molecule has 0 fully saturated rings. The van der Waals surface area contributed by atoms with Gasteiger partial charge in [-0.3, -0.25) is 9.59 Å². The van der Waals surface area contributed by atoms with Crippen molar-refractivity contribution < 1.29 is 24.5 Å². The third kappa shape index (κ3) is 52.2. The second-order valence-electron chi connectivity index (χ2n) is 21.1. The molecule has 0 aromatic heterocycles. The standard InChI is InChI=1S/C60H119NO5/c1-3-5-7-9-11-13-15-33-36-40-44-48-52-58(63)57(56-62)61-59(64)53-49-45-41-37-34-30-28-26-24-22-20-18-16-17-19-21-23-25-27-29-31-35-39-43-47-51-55-66-60(65)54-50-46-42-38-32-14-12-10-8-6-4-2/h57-58,62-63H,3-56H2,1-2H3,(H,61,64). The normalized spacial score (nSPS) is 12.5. The Morgan fingerprint density at radius 3 is 0.924 bits per heavy atom. The zero-order chi connectivity index (χ0) is 47.9. The van der Waals surface area contributed by atoms with Crippen LogP contribution in [0.4, 0.5) is 0 Å². The van der Waals surface area contributed by atoms with E-state index in [0.717, 1.165) is 38.5 Å². The van der Waals surface area contributed by atoms with Gasteiger partial charge in [-0.25, -0.2) is 0 Å². The number of hydrogen-bond acceptors (Lipinski definition) is 5. The van der Waals surface area contributed by atoms with Crippen LogP contribution in [-0.2, 0) is 14.3 Å². The van der Waals surface area contributed by atoms with Crippen LogP contribution in [-0.4, -0.2) is 47.4 Å². The Morgan fingerprint density at radius 2 is 0.621 bits per heavy atom. The SMILES string of the molecule is CCCCCCCCCCCCCCC(O)C(CO)NC(=O)CCCCCCCCCCCCCCCCCCCCCCCCCCCCOC(=O)CCCCCCCCCCCCC. The number of aliphatic hydroxyl groups is 2. The van der Waals surface area contributed by atoms with Gasteiger partial charge in [-0.1, -0.05) is 309 Å². The minimum Gasteiger partial charge on any atom is -0.466 e. The first-order valence-corrected chi connectivity index (χ1v) is 30.3. The summed E-state index contributed by atoms with van der Waals surface area (Å²) in [6, 6.07) is -0.537. The second-order valence-corrected chi connectivity index (χ2v) is 21.1. The van der Waals surface area contributed by atoms with E-state index in [-0.39, 0.29) is 18.5 Å². The highest BCUT2D eigenvalue weighted by Gasteiger charge is 2.20. The van der Waals surface area contributed by atoms with E-state index < -0.39 is 12.1 Å². The van der Waals surface area contributed by atoms with Gasteiger partial charge in [-0.2, -0.15) is 0 Å². The Labute approximate surface area is 413 Å². The molecule has 0 radical (unpaired) electrons. The zero-order valence-corrected chi connectivity index (χ0v) is 45.0. The van der Waals surface area contributed by atoms with Crippen LogP contribution in [0.25, 0.3) is 0 Å². The summed E-state index contributed by atoms with van der Waals surface area (Å²) >= 11 is 0. The van der Waals surface area contributed by atoms with Crippen LogP contribution < -0.4 is 5.32 Å². The van der Waals surface area contributed by atoms with Crippen molar-refractivity contribution in [2.45, 2.75) is 360 Å². The first-order chi connectivity index (χ1) is 32.5. The first kappa shape index (κ1) is 64.9. The summed E-state index contributed by atoms with van der Waals surface area (Å²) in [5.74, 6) is -0.0135. The Morgan fingerprint density at radius 1 is 0.364 bits per heavy atom. The van der Waals surface area contributed by atoms with Gasteiger partial charge < -0.3 is 20.3 Å². The molecule has 394 valence electrons. The van der Waals surface area contributed by atoms with Gasteiger partial charge in [0.15, 0.2) is 0 Å². The Bertz CT molecular complexity index is 944. The van der Waals surface area contributed by atoms with Crippen molar-refractivity contribution in [2.24, 2.45) is 0 Å². The number of esters is 1. The predicted molar refractivity (Wildman–Crippen MR) is 287 cm³/mol. The number of rotatable bonds is 57. The fraction of sp³-hybridized carbons (Fsp3) is 0.967. The summed E-state index contributed by atoms with van der Waals surface area (Å²) in [5.41, 5.74) is 0. The minimum atomic E-state index is -0.660. The molecule has 0 aromatic carbocycles. The van der Waals surface area contributed by atoms with Crippen LogP contribution in [0, 0.1) is 0 Å². The maximum absolute atomic E-state index is 12.5. The molecule has 0 aliphatic heterocycles. The van der Waals surface area contributed by atoms with Crippen LogP contribution in [0.3, 0.4) is 0 Å². The number of unbranched alkanes of at least 4 members (excludes halogenated alkanes) is 46. The quantitative estimate of drug-likeness (QED) is 0.0417. The van der Waals surface area contributed by atoms with Gasteiger partial charge in [0.25, 0.3) is 0 Å². The maximum atomic E-state index is 12.5. The lowest BCUT2D eigenvalue weighted by molar-refractivity contribution is -0.143. The number of amides is 1. The molecule has 6 heteroatoms. The van der Waals surface area contributed by atoms with E-state index in [2.05, 4.69) is 19.2 Å². The van der Waals surface area contributed by atoms with Crippen LogP contribution >= 0.6 is 0 Å². The molecule has 0 heterocycles. The molecule has 0 rings (SSSR count). The van der Waals surface area contributed by atoms with E-state index in [1.165, 1.54) is 276 Å². The molecule has 0 aromatic rings. The number of carbonyl (C=O) groups is 2. The van der Waals surface area contributed by atoms with Gasteiger partial charge in [0.05, 0.1) is 25.4 Å². The summed E-state index contributed by atoms with van der Waals surface area (Å²) in [7, 11) is 0. The zero-order valence-electron chi connectivity index (χ0n) is 45.0. The monoisotopic (exact) mass is 934 g/mol. The van der Waals surface area contributed by atoms with Crippen molar-refractivity contribution in [1.82, 2.24) is 5.32 Å². The average Bonchev–Trinajstić information content (AvgIpc) is 3.32. The van der Waals surface area contributed by atoms with E-state index in [4.69, 9.17) is 4.74 Å². The highest BCUT2D eigenvalue weighted by Crippen LogP contribution is 2.18. The fourth-order valence-corrected chi connectivity index (χ4v) is 9.76. The van der Waals surface area contributed by atoms with E-state index in [1.807, 2.05) is 0 Å². The number of carbonyl (C=O) groups excluding carboxylic acids is 2. The molecule has 0 aliphatic carbocycles. The summed E-state index contributed by atoms with van der Waals surface area (Å²) in [6.07, 6.45) is 65.4. The van der Waals surface area contributed by atoms with Gasteiger partial charge in [0.2, 0.25) is 5.91 Å². The molecular formula is C60H119NO5. The van der Waals surface area contributed by atoms with Crippen molar-refractivity contribution in [3.63, 3.8) is 0 Å². The predicted octanol–water partition coefficient (Wildman–Crippen LogP) is 18.7. The van der Waals surface area contributed by atoms with E-state index in [9.17, 15) is 19.8 Å². The molecule has 0 saturated heterocycles. The Balaban J connectivity index is 3.33. The summed E-state index contributed by atoms with van der Waals surface area (Å²) in [5, 5.41) is 23.2. The number of ether oxygens (including phenoxy) is 1. The van der Waals surface area contributed by atoms with Crippen molar-refractivity contribution in [3.8, 4) is 0 Å². The first-order valence-electron chi connectivity index (χ1n) is 30.3. The van der Waals surface area contributed by atoms with Gasteiger partial charge in [-0.05, 0) is 25.7 Å². The smallest absolute Gasteiger partial charge is 0.305 e. The average molecular weight is 935 g/mol. The summed E-state index contributed by atoms with van der Waals surface area (Å²) in [6.45, 7) is 4.97. The van der Waals surface area contributed by atoms with Gasteiger partial charge in [0, 0.05) is 12.8 Å². The molecule has 6 nitrogen and oxygen atoms in total. The van der Waals surface area contributed by atoms with Gasteiger partial charge >= 0.3 is 5.97 Å². The molecule has 1 amide bonds. The molecule has 2 atom stereocenters. The number of aliphatic hydroxyl groups excluding tert-OH is 2. The lowest BCUT2D eigenvalue weighted by Crippen LogP contribution is -2.45. The maximum Gasteiger partial charge on any atom is 0.305 e. The Kier molecular flexibility index (Phi) is 55.5. The number of hydrogen-bond donors (Lipinski definition) is 3. The van der Waals surface area contributed by atoms with Gasteiger partial charge in [0.1, 0.15) is 0 Å². The lowest BCUT2D eigenvalue weighted by Gasteiger charge is -2.22. The van der Waals surface area contributed by atoms with Crippen molar-refractivity contribution >= 4 is 11.9 Å². The molecule has 2 unspecified atom stereocenters. The topological polar surface area (TPSA) is 95.9 Å². The Hall–Kier alpha value is -1.14. The third-order valence-electron chi connectivity index (χ3n) is 14.4. The van der Waals surface area contributed by atoms with Gasteiger partial charge in [-0.15, -0.1) is 0 Å². The molecule has 0 saturated carbocycles. The van der Waals surface area contributed by atoms with Crippen LogP contribution in [0.2, 0.25) is 0 Å². The molecule has 0 spiro atoms. The molecule has 0 aliphatic rings. The van der Waals surface area contributed by atoms with E-state index >= 15 is 0 Å². The van der Waals surface area contributed by atoms with Crippen LogP contribution in [0.5, 0.6) is 0 Å². The lowest BCUT2D eigenvalue weighted by atomic mass is 10.0. The fourth-order valence-electron chi connectivity index (χ4n) is 9.76. The molecule has 3 N–H and O–H groups in total. The highest BCUT2D eigenvalue weighted by atomic mass is 16.5. The molecule has 66 heavy (non-hydrogen) atoms. The minimum absolute atomic E-state index is 0.0176. The van der Waals surface area contributed by atoms with Crippen LogP contribution in [0.15, 0.2) is 0 Å². The van der Waals surface area contributed by atoms with Crippen molar-refractivity contribution in [1.29, 1.82) is 0 Å². The number of nitrogens with one attached hydrogen (secondary N) is 1. The van der Waals surface area contributed by atoms with E-state index in [1.54, 1.807) is 0 Å². The van der Waals surface area contributed by atoms with Crippen LogP contribution in [0.1, 0.15) is 348 Å². The van der Waals surface area contributed by atoms with Crippen molar-refractivity contribution in [3.05, 3.63) is 0 Å². The molecular weight excluding hydrogens is 815 g/mol. The summed E-state index contributed by atoms with van der Waals surface area (Å²) < 4.78 is 5.47. The third-order valence-corrected chi connectivity index (χ3v) is 14.4. The second kappa shape index (κ2) is 56.4. The van der Waals surface area contributed by atoms with Crippen molar-refractivity contribution in [2.75, 3.05) is 13.2 Å². The van der Waals surface area contributed by atoms with E-state index in [0.29, 0.717) is 25.9 Å². The molecule has 0 bridgehead atoms. The largest absolute Gasteiger partial charge is 0.466 e. The summed E-state index contributed by atoms with van der Waals surface area (Å²) in [4.78, 5) is 24.4. The highest BCUT2D eigenvalue weighted by molar-refractivity contribution is 5.76.